The fourth-order valence-electron chi connectivity index (χ4n) is 2.93. The number of rotatable bonds is 2. The number of anilines is 1. The van der Waals surface area contributed by atoms with Crippen molar-refractivity contribution < 1.29 is 19.1 Å². The lowest BCUT2D eigenvalue weighted by Crippen LogP contribution is -2.39. The van der Waals surface area contributed by atoms with E-state index in [1.165, 1.54) is 0 Å². The second kappa shape index (κ2) is 6.24. The Balaban J connectivity index is 2.01. The summed E-state index contributed by atoms with van der Waals surface area (Å²) in [4.78, 5) is 26.7. The number of carbonyl (C=O) groups is 2. The summed E-state index contributed by atoms with van der Waals surface area (Å²) in [6.45, 7) is 5.33. The molecule has 5 heteroatoms. The molecule has 1 aliphatic heterocycles. The first-order valence-corrected chi connectivity index (χ1v) is 8.11. The van der Waals surface area contributed by atoms with Gasteiger partial charge in [0.2, 0.25) is 5.91 Å². The molecule has 0 fully saturated rings. The van der Waals surface area contributed by atoms with Gasteiger partial charge < -0.3 is 9.47 Å². The molecule has 5 nitrogen and oxygen atoms in total. The molecular formula is C20H21NO4. The first-order valence-electron chi connectivity index (χ1n) is 8.11. The summed E-state index contributed by atoms with van der Waals surface area (Å²) in [5.74, 6) is -0.123. The Morgan fingerprint density at radius 1 is 1.04 bits per heavy atom. The van der Waals surface area contributed by atoms with Crippen LogP contribution in [-0.4, -0.2) is 24.7 Å². The number of methoxy groups -OCH3 is 1. The highest BCUT2D eigenvalue weighted by Crippen LogP contribution is 2.42. The van der Waals surface area contributed by atoms with E-state index in [2.05, 4.69) is 0 Å². The molecule has 2 amide bonds. The second-order valence-corrected chi connectivity index (χ2v) is 6.92. The minimum absolute atomic E-state index is 0.305. The van der Waals surface area contributed by atoms with Crippen LogP contribution in [0.25, 0.3) is 0 Å². The number of fused-ring (bicyclic) bond motifs is 1. The van der Waals surface area contributed by atoms with E-state index in [1.807, 2.05) is 24.3 Å². The molecule has 0 spiro atoms. The minimum Gasteiger partial charge on any atom is -0.497 e. The zero-order valence-electron chi connectivity index (χ0n) is 14.8. The number of benzene rings is 2. The fourth-order valence-corrected chi connectivity index (χ4v) is 2.93. The Kier molecular flexibility index (Phi) is 4.25. The van der Waals surface area contributed by atoms with Crippen molar-refractivity contribution >= 4 is 17.7 Å². The standard InChI is InChI=1S/C20H21NO4/c1-20(2,3)25-19(23)21-16-8-6-5-7-15(16)17(18(21)22)13-9-11-14(24-4)12-10-13/h5-12,17H,1-4H3. The third kappa shape index (κ3) is 3.22. The third-order valence-corrected chi connectivity index (χ3v) is 3.98. The average molecular weight is 339 g/mol. The summed E-state index contributed by atoms with van der Waals surface area (Å²) >= 11 is 0. The van der Waals surface area contributed by atoms with E-state index in [-0.39, 0.29) is 5.91 Å². The van der Waals surface area contributed by atoms with Gasteiger partial charge in [-0.2, -0.15) is 0 Å². The van der Waals surface area contributed by atoms with Gasteiger partial charge in [-0.1, -0.05) is 30.3 Å². The summed E-state index contributed by atoms with van der Waals surface area (Å²) in [5.41, 5.74) is 1.50. The van der Waals surface area contributed by atoms with Crippen molar-refractivity contribution in [2.24, 2.45) is 0 Å². The molecule has 25 heavy (non-hydrogen) atoms. The molecule has 1 heterocycles. The largest absolute Gasteiger partial charge is 0.497 e. The molecule has 1 atom stereocenters. The Labute approximate surface area is 147 Å². The lowest BCUT2D eigenvalue weighted by Gasteiger charge is -2.24. The van der Waals surface area contributed by atoms with Gasteiger partial charge in [0.15, 0.2) is 0 Å². The Morgan fingerprint density at radius 2 is 1.68 bits per heavy atom. The molecule has 1 unspecified atom stereocenters. The molecule has 0 saturated carbocycles. The van der Waals surface area contributed by atoms with Crippen molar-refractivity contribution in [3.8, 4) is 5.75 Å². The highest BCUT2D eigenvalue weighted by Gasteiger charge is 2.43. The quantitative estimate of drug-likeness (QED) is 0.826. The summed E-state index contributed by atoms with van der Waals surface area (Å²) in [6, 6.07) is 14.6. The molecule has 0 saturated heterocycles. The molecule has 3 rings (SSSR count). The van der Waals surface area contributed by atoms with Crippen molar-refractivity contribution in [2.75, 3.05) is 12.0 Å². The van der Waals surface area contributed by atoms with Crippen molar-refractivity contribution in [3.05, 3.63) is 59.7 Å². The Morgan fingerprint density at radius 3 is 2.28 bits per heavy atom. The lowest BCUT2D eigenvalue weighted by atomic mass is 9.92. The van der Waals surface area contributed by atoms with Gasteiger partial charge in [0.25, 0.3) is 0 Å². The number of amides is 2. The number of imide groups is 1. The van der Waals surface area contributed by atoms with E-state index in [0.29, 0.717) is 11.4 Å². The van der Waals surface area contributed by atoms with E-state index in [4.69, 9.17) is 9.47 Å². The zero-order valence-corrected chi connectivity index (χ0v) is 14.8. The maximum Gasteiger partial charge on any atom is 0.421 e. The predicted octanol–water partition coefficient (Wildman–Crippen LogP) is 4.11. The molecule has 0 radical (unpaired) electrons. The van der Waals surface area contributed by atoms with Crippen LogP contribution in [0.5, 0.6) is 5.75 Å². The first kappa shape index (κ1) is 17.0. The van der Waals surface area contributed by atoms with Crippen LogP contribution >= 0.6 is 0 Å². The number of para-hydroxylation sites is 1. The maximum absolute atomic E-state index is 13.0. The molecule has 0 aliphatic carbocycles. The second-order valence-electron chi connectivity index (χ2n) is 6.92. The highest BCUT2D eigenvalue weighted by molar-refractivity contribution is 6.20. The van der Waals surface area contributed by atoms with Crippen molar-refractivity contribution in [2.45, 2.75) is 32.3 Å². The van der Waals surface area contributed by atoms with Crippen LogP contribution in [0.1, 0.15) is 37.8 Å². The lowest BCUT2D eigenvalue weighted by molar-refractivity contribution is -0.118. The van der Waals surface area contributed by atoms with Crippen molar-refractivity contribution in [1.82, 2.24) is 0 Å². The average Bonchev–Trinajstić information content (AvgIpc) is 2.85. The van der Waals surface area contributed by atoms with Gasteiger partial charge in [-0.3, -0.25) is 4.79 Å². The maximum atomic E-state index is 13.0. The van der Waals surface area contributed by atoms with Crippen LogP contribution in [0.3, 0.4) is 0 Å². The van der Waals surface area contributed by atoms with Gasteiger partial charge in [0.1, 0.15) is 11.4 Å². The van der Waals surface area contributed by atoms with Crippen LogP contribution in [0.4, 0.5) is 10.5 Å². The van der Waals surface area contributed by atoms with Crippen LogP contribution in [0.2, 0.25) is 0 Å². The summed E-state index contributed by atoms with van der Waals surface area (Å²) in [5, 5.41) is 0. The van der Waals surface area contributed by atoms with Gasteiger partial charge >= 0.3 is 6.09 Å². The first-order chi connectivity index (χ1) is 11.8. The number of hydrogen-bond acceptors (Lipinski definition) is 4. The number of nitrogens with zero attached hydrogens (tertiary/aromatic N) is 1. The van der Waals surface area contributed by atoms with E-state index in [1.54, 1.807) is 52.1 Å². The van der Waals surface area contributed by atoms with Gasteiger partial charge in [-0.25, -0.2) is 9.69 Å². The predicted molar refractivity (Wildman–Crippen MR) is 95.0 cm³/mol. The molecule has 0 bridgehead atoms. The summed E-state index contributed by atoms with van der Waals surface area (Å²) in [6.07, 6.45) is -0.652. The minimum atomic E-state index is -0.676. The highest BCUT2D eigenvalue weighted by atomic mass is 16.6. The molecule has 2 aromatic rings. The number of ether oxygens (including phenoxy) is 2. The SMILES string of the molecule is COc1ccc(C2C(=O)N(C(=O)OC(C)(C)C)c3ccccc32)cc1. The topological polar surface area (TPSA) is 55.8 Å². The number of hydrogen-bond donors (Lipinski definition) is 0. The number of carbonyl (C=O) groups excluding carboxylic acids is 2. The Bertz CT molecular complexity index is 805. The third-order valence-electron chi connectivity index (χ3n) is 3.98. The van der Waals surface area contributed by atoms with Crippen molar-refractivity contribution in [3.63, 3.8) is 0 Å². The van der Waals surface area contributed by atoms with Gasteiger partial charge in [0.05, 0.1) is 18.7 Å². The summed E-state index contributed by atoms with van der Waals surface area (Å²) < 4.78 is 10.6. The van der Waals surface area contributed by atoms with Gasteiger partial charge in [-0.05, 0) is 50.1 Å². The van der Waals surface area contributed by atoms with Crippen molar-refractivity contribution in [1.29, 1.82) is 0 Å². The fraction of sp³-hybridized carbons (Fsp3) is 0.300. The molecule has 2 aromatic carbocycles. The van der Waals surface area contributed by atoms with Crippen LogP contribution in [0, 0.1) is 0 Å². The van der Waals surface area contributed by atoms with E-state index < -0.39 is 17.6 Å². The van der Waals surface area contributed by atoms with Gasteiger partial charge in [-0.15, -0.1) is 0 Å². The van der Waals surface area contributed by atoms with Gasteiger partial charge in [0, 0.05) is 0 Å². The van der Waals surface area contributed by atoms with Crippen LogP contribution in [0.15, 0.2) is 48.5 Å². The Hall–Kier alpha value is -2.82. The monoisotopic (exact) mass is 339 g/mol. The van der Waals surface area contributed by atoms with E-state index >= 15 is 0 Å². The molecule has 130 valence electrons. The molecule has 0 N–H and O–H groups in total. The van der Waals surface area contributed by atoms with E-state index in [0.717, 1.165) is 16.0 Å². The zero-order chi connectivity index (χ0) is 18.2. The normalized spacial score (nSPS) is 16.6. The van der Waals surface area contributed by atoms with Crippen LogP contribution < -0.4 is 9.64 Å². The van der Waals surface area contributed by atoms with Crippen LogP contribution in [-0.2, 0) is 9.53 Å². The molecular weight excluding hydrogens is 318 g/mol. The summed E-state index contributed by atoms with van der Waals surface area (Å²) in [7, 11) is 1.59. The smallest absolute Gasteiger partial charge is 0.421 e. The molecule has 0 aromatic heterocycles. The molecule has 1 aliphatic rings. The van der Waals surface area contributed by atoms with E-state index in [9.17, 15) is 9.59 Å².